The monoisotopic (exact) mass is 642 g/mol. The van der Waals surface area contributed by atoms with Gasteiger partial charge in [-0.05, 0) is 65.0 Å². The maximum atomic E-state index is 13.9. The van der Waals surface area contributed by atoms with E-state index in [0.717, 1.165) is 6.07 Å². The number of aliphatic hydroxyl groups is 1. The third kappa shape index (κ3) is 7.20. The molecule has 0 aliphatic carbocycles. The number of hydrogen-bond acceptors (Lipinski definition) is 4. The first kappa shape index (κ1) is 34.9. The molecule has 10 radical (unpaired) electrons. The summed E-state index contributed by atoms with van der Waals surface area (Å²) in [5.74, 6) is -0.690. The van der Waals surface area contributed by atoms with Gasteiger partial charge in [0.25, 0.3) is 5.91 Å². The number of sulfone groups is 1. The van der Waals surface area contributed by atoms with E-state index in [1.54, 1.807) is 0 Å². The lowest BCUT2D eigenvalue weighted by Gasteiger charge is -2.45. The first-order valence-electron chi connectivity index (χ1n) is 13.5. The highest BCUT2D eigenvalue weighted by Crippen LogP contribution is 2.39. The number of rotatable bonds is 10. The first-order valence-corrected chi connectivity index (χ1v) is 15.5. The third-order valence-electron chi connectivity index (χ3n) is 7.46. The fraction of sp³-hybridized carbons (Fsp3) is 0.276. The van der Waals surface area contributed by atoms with Crippen LogP contribution in [0.25, 0.3) is 10.9 Å². The van der Waals surface area contributed by atoms with Gasteiger partial charge in [0.1, 0.15) is 0 Å². The standard InChI is InChI=1S/C29H23B5ClF3N2O4S/c1-2-45(43,44)22-8-4-16(5-9-22)24(15-41)39-26(42)18-6-10-25-19(11-18)13-21(40(25)29(33,34)28(30,31)32)12-17-3-7-20(35)14-23(17)27(36,37)38/h3-11,13-14,24,41H,2,12,15H2,1H3,(H,39,42)/t24-/m0/s1. The molecule has 1 heterocycles. The van der Waals surface area contributed by atoms with Gasteiger partial charge in [0, 0.05) is 33.6 Å². The zero-order valence-corrected chi connectivity index (χ0v) is 25.5. The van der Waals surface area contributed by atoms with Gasteiger partial charge in [-0.1, -0.05) is 36.7 Å². The van der Waals surface area contributed by atoms with E-state index in [4.69, 9.17) is 50.8 Å². The van der Waals surface area contributed by atoms with Crippen LogP contribution < -0.4 is 5.32 Å². The van der Waals surface area contributed by atoms with E-state index in [1.165, 1.54) is 72.2 Å². The zero-order valence-electron chi connectivity index (χ0n) is 24.0. The lowest BCUT2D eigenvalue weighted by molar-refractivity contribution is -0.138. The Morgan fingerprint density at radius 1 is 0.978 bits per heavy atom. The summed E-state index contributed by atoms with van der Waals surface area (Å²) in [7, 11) is 26.8. The number of halogens is 4. The number of benzene rings is 3. The Hall–Kier alpha value is -3.02. The van der Waals surface area contributed by atoms with E-state index < -0.39 is 50.6 Å². The van der Waals surface area contributed by atoms with Gasteiger partial charge in [0.2, 0.25) is 0 Å². The molecule has 0 saturated heterocycles. The van der Waals surface area contributed by atoms with Gasteiger partial charge in [-0.25, -0.2) is 8.42 Å². The largest absolute Gasteiger partial charge is 0.416 e. The summed E-state index contributed by atoms with van der Waals surface area (Å²) in [6, 6.07) is 14.0. The van der Waals surface area contributed by atoms with Crippen LogP contribution in [0.5, 0.6) is 0 Å². The molecule has 2 N–H and O–H groups in total. The highest BCUT2D eigenvalue weighted by Gasteiger charge is 2.36. The molecule has 16 heteroatoms. The van der Waals surface area contributed by atoms with Crippen LogP contribution in [0.15, 0.2) is 71.6 Å². The zero-order chi connectivity index (χ0) is 33.5. The van der Waals surface area contributed by atoms with Gasteiger partial charge in [-0.3, -0.25) is 4.79 Å². The number of hydrogen-bond donors (Lipinski definition) is 2. The molecule has 0 saturated carbocycles. The van der Waals surface area contributed by atoms with Gasteiger partial charge in [-0.2, -0.15) is 13.2 Å². The normalized spacial score (nSPS) is 13.6. The van der Waals surface area contributed by atoms with Crippen LogP contribution in [0, 0.1) is 0 Å². The predicted molar refractivity (Wildman–Crippen MR) is 172 cm³/mol. The van der Waals surface area contributed by atoms with E-state index in [0.29, 0.717) is 10.9 Å². The third-order valence-corrected chi connectivity index (χ3v) is 9.45. The molecule has 1 aromatic heterocycles. The minimum absolute atomic E-state index is 0.0835. The second kappa shape index (κ2) is 12.6. The van der Waals surface area contributed by atoms with Crippen molar-refractivity contribution in [2.24, 2.45) is 0 Å². The van der Waals surface area contributed by atoms with Crippen molar-refractivity contribution in [3.8, 4) is 0 Å². The van der Waals surface area contributed by atoms with E-state index in [-0.39, 0.29) is 44.4 Å². The molecule has 4 aromatic rings. The van der Waals surface area contributed by atoms with Crippen LogP contribution in [0.4, 0.5) is 13.2 Å². The number of carbonyl (C=O) groups is 1. The molecule has 6 nitrogen and oxygen atoms in total. The van der Waals surface area contributed by atoms with Gasteiger partial charge in [0.05, 0.1) is 68.1 Å². The van der Waals surface area contributed by atoms with Gasteiger partial charge in [0.15, 0.2) is 9.84 Å². The topological polar surface area (TPSA) is 88.4 Å². The van der Waals surface area contributed by atoms with Gasteiger partial charge in [-0.15, -0.1) is 5.11 Å². The maximum Gasteiger partial charge on any atom is 0.416 e. The summed E-state index contributed by atoms with van der Waals surface area (Å²) in [6.07, 6.45) is -5.07. The lowest BCUT2D eigenvalue weighted by Crippen LogP contribution is -2.49. The van der Waals surface area contributed by atoms with Crippen molar-refractivity contribution in [3.63, 3.8) is 0 Å². The molecule has 0 spiro atoms. The Morgan fingerprint density at radius 3 is 2.18 bits per heavy atom. The number of nitrogens with zero attached hydrogens (tertiary/aromatic N) is 1. The number of aromatic nitrogens is 1. The fourth-order valence-electron chi connectivity index (χ4n) is 4.89. The second-order valence-electron chi connectivity index (χ2n) is 10.7. The maximum absolute atomic E-state index is 13.9. The summed E-state index contributed by atoms with van der Waals surface area (Å²) < 4.78 is 67.1. The quantitative estimate of drug-likeness (QED) is 0.259. The van der Waals surface area contributed by atoms with Crippen LogP contribution in [-0.2, 0) is 27.8 Å². The van der Waals surface area contributed by atoms with Crippen molar-refractivity contribution in [2.75, 3.05) is 12.4 Å². The number of nitrogens with one attached hydrogen (secondary N) is 1. The molecule has 45 heavy (non-hydrogen) atoms. The van der Waals surface area contributed by atoms with E-state index in [2.05, 4.69) is 5.32 Å². The van der Waals surface area contributed by atoms with E-state index in [1.807, 2.05) is 0 Å². The Bertz CT molecular complexity index is 1840. The van der Waals surface area contributed by atoms with E-state index in [9.17, 15) is 31.5 Å². The Balaban J connectivity index is 1.74. The smallest absolute Gasteiger partial charge is 0.394 e. The minimum atomic E-state index is -4.72. The Labute approximate surface area is 271 Å². The summed E-state index contributed by atoms with van der Waals surface area (Å²) in [5.41, 5.74) is -0.115. The highest BCUT2D eigenvalue weighted by atomic mass is 35.5. The van der Waals surface area contributed by atoms with Gasteiger partial charge < -0.3 is 15.0 Å². The van der Waals surface area contributed by atoms with Crippen molar-refractivity contribution in [1.29, 1.82) is 0 Å². The average molecular weight is 642 g/mol. The molecule has 222 valence electrons. The van der Waals surface area contributed by atoms with Crippen LogP contribution >= 0.6 is 11.6 Å². The van der Waals surface area contributed by atoms with Gasteiger partial charge >= 0.3 is 6.18 Å². The first-order chi connectivity index (χ1) is 20.8. The second-order valence-corrected chi connectivity index (χ2v) is 13.4. The Kier molecular flexibility index (Phi) is 9.79. The van der Waals surface area contributed by atoms with Crippen molar-refractivity contribution >= 4 is 77.5 Å². The Morgan fingerprint density at radius 2 is 1.62 bits per heavy atom. The van der Waals surface area contributed by atoms with E-state index >= 15 is 0 Å². The average Bonchev–Trinajstić information content (AvgIpc) is 3.33. The lowest BCUT2D eigenvalue weighted by atomic mass is 9.26. The summed E-state index contributed by atoms with van der Waals surface area (Å²) in [6.45, 7) is 1.02. The molecular formula is C29H23B5ClF3N2O4S. The van der Waals surface area contributed by atoms with Crippen LogP contribution in [0.2, 0.25) is 10.1 Å². The molecule has 1 amide bonds. The number of aliphatic hydroxyl groups excluding tert-OH is 1. The number of fused-ring (bicyclic) bond motifs is 1. The fourth-order valence-corrected chi connectivity index (χ4v) is 5.94. The molecule has 0 aliphatic rings. The van der Waals surface area contributed by atoms with Crippen LogP contribution in [0.1, 0.15) is 45.7 Å². The molecule has 4 rings (SSSR count). The van der Waals surface area contributed by atoms with Crippen LogP contribution in [0.3, 0.4) is 0 Å². The molecule has 0 unspecified atom stereocenters. The highest BCUT2D eigenvalue weighted by molar-refractivity contribution is 7.91. The van der Waals surface area contributed by atoms with Crippen molar-refractivity contribution < 1.29 is 31.5 Å². The molecule has 0 bridgehead atoms. The summed E-state index contributed by atoms with van der Waals surface area (Å²) >= 11 is 5.84. The van der Waals surface area contributed by atoms with Crippen molar-refractivity contribution in [2.45, 2.75) is 40.9 Å². The molecular weight excluding hydrogens is 619 g/mol. The number of alkyl halides is 3. The minimum Gasteiger partial charge on any atom is -0.394 e. The SMILES string of the molecule is [B]C([B])([B])C([B])([B])n1c(Cc2ccc(Cl)cc2C(F)(F)F)cc2cc(C(=O)N[C@@H](CO)c3ccc(S(=O)(=O)CC)cc3)ccc21. The summed E-state index contributed by atoms with van der Waals surface area (Å²) in [5, 5.41) is 8.45. The summed E-state index contributed by atoms with van der Waals surface area (Å²) in [4.78, 5) is 13.4. The number of amides is 1. The molecule has 0 fully saturated rings. The molecule has 0 aliphatic heterocycles. The number of carbonyl (C=O) groups excluding carboxylic acids is 1. The van der Waals surface area contributed by atoms with Crippen LogP contribution in [-0.4, -0.2) is 75.6 Å². The molecule has 3 aromatic carbocycles. The van der Waals surface area contributed by atoms with Crippen molar-refractivity contribution in [1.82, 2.24) is 9.88 Å². The molecule has 1 atom stereocenters. The van der Waals surface area contributed by atoms with Crippen molar-refractivity contribution in [3.05, 3.63) is 99.7 Å². The predicted octanol–water partition coefficient (Wildman–Crippen LogP) is 3.69.